The van der Waals surface area contributed by atoms with E-state index in [9.17, 15) is 4.39 Å². The van der Waals surface area contributed by atoms with E-state index in [0.717, 1.165) is 35.8 Å². The van der Waals surface area contributed by atoms with Crippen molar-refractivity contribution in [2.45, 2.75) is 63.7 Å². The molecule has 24 heavy (non-hydrogen) atoms. The number of hydrogen-bond acceptors (Lipinski definition) is 1. The Morgan fingerprint density at radius 3 is 2.04 bits per heavy atom. The van der Waals surface area contributed by atoms with Gasteiger partial charge in [0.05, 0.1) is 13.4 Å². The molecule has 0 aliphatic heterocycles. The van der Waals surface area contributed by atoms with Gasteiger partial charge in [0.15, 0.2) is 0 Å². The maximum Gasteiger partial charge on any atom is 0.118 e. The van der Waals surface area contributed by atoms with Gasteiger partial charge in [-0.3, -0.25) is 0 Å². The Balaban J connectivity index is 1.45. The second-order valence-electron chi connectivity index (χ2n) is 7.76. The molecular weight excluding hydrogens is 299 g/mol. The minimum absolute atomic E-state index is 0.715. The van der Waals surface area contributed by atoms with Crippen LogP contribution in [0.1, 0.15) is 69.3 Å². The lowest BCUT2D eigenvalue weighted by atomic mass is 9.68. The van der Waals surface area contributed by atoms with Crippen molar-refractivity contribution in [3.8, 4) is 5.75 Å². The van der Waals surface area contributed by atoms with Crippen molar-refractivity contribution in [2.75, 3.05) is 7.11 Å². The van der Waals surface area contributed by atoms with E-state index in [1.165, 1.54) is 56.9 Å². The third-order valence-electron chi connectivity index (χ3n) is 6.48. The topological polar surface area (TPSA) is 9.23 Å². The van der Waals surface area contributed by atoms with Crippen LogP contribution in [0.2, 0.25) is 0 Å². The van der Waals surface area contributed by atoms with Gasteiger partial charge < -0.3 is 4.74 Å². The monoisotopic (exact) mass is 330 g/mol. The van der Waals surface area contributed by atoms with Crippen LogP contribution >= 0.6 is 0 Å². The first-order valence-corrected chi connectivity index (χ1v) is 9.69. The lowest BCUT2D eigenvalue weighted by Gasteiger charge is -2.38. The molecular formula is C22H31FO. The van der Waals surface area contributed by atoms with E-state index in [2.05, 4.69) is 24.3 Å². The average molecular weight is 330 g/mol. The van der Waals surface area contributed by atoms with E-state index < -0.39 is 0 Å². The summed E-state index contributed by atoms with van der Waals surface area (Å²) in [7, 11) is 1.73. The zero-order chi connectivity index (χ0) is 16.8. The Labute approximate surface area is 146 Å². The van der Waals surface area contributed by atoms with Crippen molar-refractivity contribution in [2.24, 2.45) is 17.8 Å². The van der Waals surface area contributed by atoms with Gasteiger partial charge in [-0.15, -0.1) is 0 Å². The average Bonchev–Trinajstić information content (AvgIpc) is 2.67. The number of benzene rings is 1. The van der Waals surface area contributed by atoms with Crippen molar-refractivity contribution in [3.63, 3.8) is 0 Å². The fourth-order valence-corrected chi connectivity index (χ4v) is 4.94. The molecule has 3 rings (SSSR count). The summed E-state index contributed by atoms with van der Waals surface area (Å²) < 4.78 is 17.4. The van der Waals surface area contributed by atoms with Gasteiger partial charge in [0, 0.05) is 0 Å². The van der Waals surface area contributed by atoms with Crippen molar-refractivity contribution in [1.82, 2.24) is 0 Å². The van der Waals surface area contributed by atoms with E-state index >= 15 is 0 Å². The van der Waals surface area contributed by atoms with Crippen molar-refractivity contribution >= 4 is 0 Å². The molecule has 0 spiro atoms. The van der Waals surface area contributed by atoms with Crippen LogP contribution in [0.25, 0.3) is 0 Å². The van der Waals surface area contributed by atoms with Gasteiger partial charge in [-0.05, 0) is 99.2 Å². The summed E-state index contributed by atoms with van der Waals surface area (Å²) in [4.78, 5) is 0. The van der Waals surface area contributed by atoms with Crippen molar-refractivity contribution in [1.29, 1.82) is 0 Å². The predicted octanol–water partition coefficient (Wildman–Crippen LogP) is 6.65. The fourth-order valence-electron chi connectivity index (χ4n) is 4.94. The molecule has 0 bridgehead atoms. The van der Waals surface area contributed by atoms with Crippen LogP contribution in [0.5, 0.6) is 5.75 Å². The fraction of sp³-hybridized carbons (Fsp3) is 0.636. The highest BCUT2D eigenvalue weighted by atomic mass is 19.1. The number of rotatable bonds is 5. The van der Waals surface area contributed by atoms with Crippen LogP contribution in [-0.2, 0) is 0 Å². The summed E-state index contributed by atoms with van der Waals surface area (Å²) in [6, 6.07) is 8.67. The Morgan fingerprint density at radius 1 is 0.917 bits per heavy atom. The molecule has 0 amide bonds. The molecule has 1 aromatic rings. The minimum atomic E-state index is 0.715. The Bertz CT molecular complexity index is 505. The van der Waals surface area contributed by atoms with Crippen molar-refractivity contribution < 1.29 is 9.13 Å². The summed E-state index contributed by atoms with van der Waals surface area (Å²) in [5.41, 5.74) is 1.48. The molecule has 2 heteroatoms. The van der Waals surface area contributed by atoms with E-state index in [-0.39, 0.29) is 0 Å². The van der Waals surface area contributed by atoms with Gasteiger partial charge in [0.1, 0.15) is 5.75 Å². The van der Waals surface area contributed by atoms with Gasteiger partial charge in [0.25, 0.3) is 0 Å². The summed E-state index contributed by atoms with van der Waals surface area (Å²) in [5, 5.41) is 0. The lowest BCUT2D eigenvalue weighted by molar-refractivity contribution is 0.160. The summed E-state index contributed by atoms with van der Waals surface area (Å²) in [5.74, 6) is 4.26. The molecule has 0 aromatic heterocycles. The molecule has 1 nitrogen and oxygen atoms in total. The Morgan fingerprint density at radius 2 is 1.50 bits per heavy atom. The number of halogens is 1. The molecule has 0 saturated heterocycles. The van der Waals surface area contributed by atoms with Crippen LogP contribution in [0.15, 0.2) is 36.7 Å². The van der Waals surface area contributed by atoms with Crippen LogP contribution in [0.4, 0.5) is 4.39 Å². The van der Waals surface area contributed by atoms with Crippen LogP contribution in [0, 0.1) is 17.8 Å². The Kier molecular flexibility index (Phi) is 6.34. The van der Waals surface area contributed by atoms with E-state index in [1.54, 1.807) is 13.2 Å². The lowest BCUT2D eigenvalue weighted by Crippen LogP contribution is -2.25. The van der Waals surface area contributed by atoms with Gasteiger partial charge >= 0.3 is 0 Å². The third-order valence-corrected chi connectivity index (χ3v) is 6.48. The maximum atomic E-state index is 12.1. The molecule has 2 saturated carbocycles. The molecule has 2 aliphatic rings. The summed E-state index contributed by atoms with van der Waals surface area (Å²) in [6.07, 6.45) is 14.1. The number of methoxy groups -OCH3 is 1. The van der Waals surface area contributed by atoms with Gasteiger partial charge in [-0.25, -0.2) is 4.39 Å². The first-order valence-electron chi connectivity index (χ1n) is 9.69. The molecule has 0 atom stereocenters. The summed E-state index contributed by atoms with van der Waals surface area (Å²) >= 11 is 0. The highest BCUT2D eigenvalue weighted by molar-refractivity contribution is 5.29. The first kappa shape index (κ1) is 17.5. The van der Waals surface area contributed by atoms with Crippen LogP contribution < -0.4 is 4.74 Å². The van der Waals surface area contributed by atoms with E-state index in [4.69, 9.17) is 4.74 Å². The summed E-state index contributed by atoms with van der Waals surface area (Å²) in [6.45, 7) is 0. The molecule has 0 heterocycles. The maximum absolute atomic E-state index is 12.1. The molecule has 0 radical (unpaired) electrons. The zero-order valence-corrected chi connectivity index (χ0v) is 14.9. The molecule has 0 unspecified atom stereocenters. The van der Waals surface area contributed by atoms with Crippen molar-refractivity contribution in [3.05, 3.63) is 42.2 Å². The molecule has 132 valence electrons. The zero-order valence-electron chi connectivity index (χ0n) is 14.9. The second-order valence-corrected chi connectivity index (χ2v) is 7.76. The quantitative estimate of drug-likeness (QED) is 0.587. The van der Waals surface area contributed by atoms with E-state index in [0.29, 0.717) is 6.33 Å². The van der Waals surface area contributed by atoms with Gasteiger partial charge in [0.2, 0.25) is 0 Å². The van der Waals surface area contributed by atoms with E-state index in [1.807, 2.05) is 0 Å². The number of hydrogen-bond donors (Lipinski definition) is 0. The Hall–Kier alpha value is -1.31. The molecule has 2 aliphatic carbocycles. The highest BCUT2D eigenvalue weighted by Crippen LogP contribution is 2.44. The van der Waals surface area contributed by atoms with Gasteiger partial charge in [-0.1, -0.05) is 18.2 Å². The second kappa shape index (κ2) is 8.69. The van der Waals surface area contributed by atoms with Crippen LogP contribution in [0.3, 0.4) is 0 Å². The highest BCUT2D eigenvalue weighted by Gasteiger charge is 2.30. The standard InChI is InChI=1S/C22H31FO/c1-24-22-14-12-21(13-15-22)20-10-8-19(9-11-20)18-6-4-17(5-7-18)3-2-16-23/h2,12-20H,3-11H2,1H3/t17-,18-,19-,20-. The third kappa shape index (κ3) is 4.40. The van der Waals surface area contributed by atoms with Gasteiger partial charge in [-0.2, -0.15) is 0 Å². The minimum Gasteiger partial charge on any atom is -0.497 e. The van der Waals surface area contributed by atoms with Crippen LogP contribution in [-0.4, -0.2) is 7.11 Å². The largest absolute Gasteiger partial charge is 0.497 e. The SMILES string of the molecule is COc1ccc([C@H]2CC[C@H]([C@H]3CC[C@H](CC=CF)CC3)CC2)cc1. The normalized spacial score (nSPS) is 31.2. The first-order chi connectivity index (χ1) is 11.8. The number of ether oxygens (including phenoxy) is 1. The smallest absolute Gasteiger partial charge is 0.118 e. The molecule has 1 aromatic carbocycles. The molecule has 0 N–H and O–H groups in total. The predicted molar refractivity (Wildman–Crippen MR) is 98.0 cm³/mol. The molecule has 2 fully saturated rings. The number of allylic oxidation sites excluding steroid dienone is 1.